The summed E-state index contributed by atoms with van der Waals surface area (Å²) in [5.74, 6) is -0.315. The van der Waals surface area contributed by atoms with Crippen molar-refractivity contribution in [3.05, 3.63) is 36.4 Å². The van der Waals surface area contributed by atoms with E-state index in [0.717, 1.165) is 0 Å². The molecule has 0 bridgehead atoms. The second kappa shape index (κ2) is 8.05. The van der Waals surface area contributed by atoms with Crippen LogP contribution in [0.4, 0.5) is 4.39 Å². The van der Waals surface area contributed by atoms with E-state index in [2.05, 4.69) is 17.9 Å². The lowest BCUT2D eigenvalue weighted by atomic mass is 10.2. The maximum absolute atomic E-state index is 12.8. The maximum atomic E-state index is 12.8. The van der Waals surface area contributed by atoms with Crippen molar-refractivity contribution in [2.24, 2.45) is 0 Å². The van der Waals surface area contributed by atoms with Gasteiger partial charge in [-0.25, -0.2) is 4.39 Å². The quantitative estimate of drug-likeness (QED) is 0.467. The summed E-state index contributed by atoms with van der Waals surface area (Å²) in [6.45, 7) is 12.3. The Morgan fingerprint density at radius 1 is 1.42 bits per heavy atom. The fourth-order valence-corrected chi connectivity index (χ4v) is 0.473. The van der Waals surface area contributed by atoms with Crippen molar-refractivity contribution in [3.8, 4) is 0 Å². The molecule has 12 heavy (non-hydrogen) atoms. The van der Waals surface area contributed by atoms with Crippen molar-refractivity contribution >= 4 is 0 Å². The highest BCUT2D eigenvalue weighted by molar-refractivity contribution is 5.27. The number of hydrogen-bond acceptors (Lipinski definition) is 1. The molecule has 0 saturated heterocycles. The Bertz CT molecular complexity index is 180. The zero-order valence-corrected chi connectivity index (χ0v) is 8.28. The van der Waals surface area contributed by atoms with Crippen molar-refractivity contribution in [1.82, 2.24) is 0 Å². The highest BCUT2D eigenvalue weighted by Crippen LogP contribution is 2.14. The first-order valence-corrected chi connectivity index (χ1v) is 3.85. The van der Waals surface area contributed by atoms with Crippen LogP contribution in [0, 0.1) is 0 Å². The Balaban J connectivity index is 0. The third-order valence-electron chi connectivity index (χ3n) is 0.996. The molecule has 0 aromatic carbocycles. The third kappa shape index (κ3) is 4.72. The van der Waals surface area contributed by atoms with Crippen molar-refractivity contribution < 1.29 is 9.13 Å². The Morgan fingerprint density at radius 2 is 1.83 bits per heavy atom. The van der Waals surface area contributed by atoms with Crippen molar-refractivity contribution in [3.63, 3.8) is 0 Å². The van der Waals surface area contributed by atoms with Gasteiger partial charge in [0.05, 0.1) is 7.11 Å². The van der Waals surface area contributed by atoms with Crippen LogP contribution in [0.25, 0.3) is 0 Å². The van der Waals surface area contributed by atoms with E-state index in [9.17, 15) is 4.39 Å². The molecule has 0 aliphatic rings. The fraction of sp³-hybridized carbons (Fsp3) is 0.400. The Labute approximate surface area is 74.2 Å². The van der Waals surface area contributed by atoms with Gasteiger partial charge < -0.3 is 4.74 Å². The molecule has 0 unspecified atom stereocenters. The summed E-state index contributed by atoms with van der Waals surface area (Å²) in [4.78, 5) is 0. The molecular formula is C10H17FO. The second-order valence-corrected chi connectivity index (χ2v) is 1.87. The van der Waals surface area contributed by atoms with Crippen LogP contribution in [0.15, 0.2) is 36.4 Å². The number of rotatable bonds is 3. The van der Waals surface area contributed by atoms with Gasteiger partial charge in [0.2, 0.25) is 0 Å². The molecule has 0 atom stereocenters. The predicted octanol–water partition coefficient (Wildman–Crippen LogP) is 3.60. The van der Waals surface area contributed by atoms with E-state index in [1.807, 2.05) is 13.8 Å². The molecule has 0 radical (unpaired) electrons. The van der Waals surface area contributed by atoms with Crippen molar-refractivity contribution in [1.29, 1.82) is 0 Å². The van der Waals surface area contributed by atoms with Gasteiger partial charge in [0.25, 0.3) is 0 Å². The molecule has 0 aromatic rings. The highest BCUT2D eigenvalue weighted by atomic mass is 19.1. The summed E-state index contributed by atoms with van der Waals surface area (Å²) < 4.78 is 17.4. The Hall–Kier alpha value is -1.05. The van der Waals surface area contributed by atoms with Crippen LogP contribution >= 0.6 is 0 Å². The molecule has 0 N–H and O–H groups in total. The minimum Gasteiger partial charge on any atom is -0.494 e. The van der Waals surface area contributed by atoms with Crippen LogP contribution in [0.2, 0.25) is 0 Å². The fourth-order valence-electron chi connectivity index (χ4n) is 0.473. The van der Waals surface area contributed by atoms with Crippen molar-refractivity contribution in [2.45, 2.75) is 20.8 Å². The second-order valence-electron chi connectivity index (χ2n) is 1.87. The summed E-state index contributed by atoms with van der Waals surface area (Å²) in [6, 6.07) is 0. The highest BCUT2D eigenvalue weighted by Gasteiger charge is 2.02. The Morgan fingerprint density at radius 3 is 1.92 bits per heavy atom. The molecule has 0 heterocycles. The summed E-state index contributed by atoms with van der Waals surface area (Å²) in [7, 11) is 1.39. The first-order valence-electron chi connectivity index (χ1n) is 3.85. The number of hydrogen-bond donors (Lipinski definition) is 0. The SMILES string of the molecule is C=C/C(OC)=C(/F)C(=C)C.CC. The predicted molar refractivity (Wildman–Crippen MR) is 51.5 cm³/mol. The van der Waals surface area contributed by atoms with E-state index in [1.54, 1.807) is 6.92 Å². The largest absolute Gasteiger partial charge is 0.494 e. The molecule has 0 aliphatic heterocycles. The van der Waals surface area contributed by atoms with E-state index in [-0.39, 0.29) is 5.76 Å². The van der Waals surface area contributed by atoms with Crippen LogP contribution in [-0.4, -0.2) is 7.11 Å². The van der Waals surface area contributed by atoms with Gasteiger partial charge in [-0.2, -0.15) is 0 Å². The van der Waals surface area contributed by atoms with Gasteiger partial charge in [-0.05, 0) is 18.6 Å². The van der Waals surface area contributed by atoms with Gasteiger partial charge in [-0.15, -0.1) is 0 Å². The van der Waals surface area contributed by atoms with E-state index in [4.69, 9.17) is 0 Å². The molecule has 1 nitrogen and oxygen atoms in total. The summed E-state index contributed by atoms with van der Waals surface area (Å²) in [6.07, 6.45) is 1.31. The van der Waals surface area contributed by atoms with Crippen LogP contribution in [-0.2, 0) is 4.74 Å². The minimum atomic E-state index is -0.447. The van der Waals surface area contributed by atoms with Gasteiger partial charge in [-0.3, -0.25) is 0 Å². The van der Waals surface area contributed by atoms with Crippen molar-refractivity contribution in [2.75, 3.05) is 7.11 Å². The number of halogens is 1. The van der Waals surface area contributed by atoms with Crippen LogP contribution in [0.5, 0.6) is 0 Å². The van der Waals surface area contributed by atoms with Gasteiger partial charge in [0.15, 0.2) is 11.6 Å². The molecular weight excluding hydrogens is 155 g/mol. The lowest BCUT2D eigenvalue weighted by Crippen LogP contribution is -1.87. The van der Waals surface area contributed by atoms with Crippen LogP contribution in [0.1, 0.15) is 20.8 Å². The molecule has 0 aromatic heterocycles. The van der Waals surface area contributed by atoms with E-state index < -0.39 is 5.83 Å². The summed E-state index contributed by atoms with van der Waals surface area (Å²) in [5.41, 5.74) is 0.344. The first kappa shape index (κ1) is 13.5. The first-order chi connectivity index (χ1) is 5.63. The van der Waals surface area contributed by atoms with Gasteiger partial charge in [0.1, 0.15) is 0 Å². The lowest BCUT2D eigenvalue weighted by molar-refractivity contribution is 0.292. The minimum absolute atomic E-state index is 0.132. The molecule has 0 amide bonds. The Kier molecular flexibility index (Phi) is 9.08. The molecule has 0 saturated carbocycles. The normalized spacial score (nSPS) is 10.4. The summed E-state index contributed by atoms with van der Waals surface area (Å²) in [5, 5.41) is 0. The third-order valence-corrected chi connectivity index (χ3v) is 0.996. The zero-order chi connectivity index (χ0) is 10.1. The molecule has 2 heteroatoms. The van der Waals surface area contributed by atoms with E-state index in [1.165, 1.54) is 13.2 Å². The standard InChI is InChI=1S/C8H11FO.C2H6/c1-5-7(10-4)8(9)6(2)3;1-2/h5H,1-2H2,3-4H3;1-2H3/b8-7-;. The number of ether oxygens (including phenoxy) is 1. The number of allylic oxidation sites excluding steroid dienone is 3. The molecule has 0 aliphatic carbocycles. The maximum Gasteiger partial charge on any atom is 0.167 e. The monoisotopic (exact) mass is 172 g/mol. The average molecular weight is 172 g/mol. The van der Waals surface area contributed by atoms with Gasteiger partial charge in [0, 0.05) is 0 Å². The molecule has 70 valence electrons. The molecule has 0 rings (SSSR count). The van der Waals surface area contributed by atoms with E-state index >= 15 is 0 Å². The molecule has 0 fully saturated rings. The van der Waals surface area contributed by atoms with Gasteiger partial charge in [-0.1, -0.05) is 27.0 Å². The van der Waals surface area contributed by atoms with Crippen LogP contribution in [0.3, 0.4) is 0 Å². The lowest BCUT2D eigenvalue weighted by Gasteiger charge is -2.01. The van der Waals surface area contributed by atoms with E-state index in [0.29, 0.717) is 5.57 Å². The molecule has 0 spiro atoms. The van der Waals surface area contributed by atoms with Gasteiger partial charge >= 0.3 is 0 Å². The van der Waals surface area contributed by atoms with Crippen LogP contribution < -0.4 is 0 Å². The summed E-state index contributed by atoms with van der Waals surface area (Å²) >= 11 is 0. The zero-order valence-electron chi connectivity index (χ0n) is 8.28. The number of methoxy groups -OCH3 is 1. The topological polar surface area (TPSA) is 9.23 Å². The smallest absolute Gasteiger partial charge is 0.167 e. The average Bonchev–Trinajstić information content (AvgIpc) is 2.10.